The molecule has 0 bridgehead atoms. The predicted molar refractivity (Wildman–Crippen MR) is 86.0 cm³/mol. The van der Waals surface area contributed by atoms with Gasteiger partial charge in [0, 0.05) is 30.9 Å². The highest BCUT2D eigenvalue weighted by Crippen LogP contribution is 2.33. The summed E-state index contributed by atoms with van der Waals surface area (Å²) in [6, 6.07) is 12.2. The van der Waals surface area contributed by atoms with Crippen molar-refractivity contribution in [2.24, 2.45) is 0 Å². The lowest BCUT2D eigenvalue weighted by molar-refractivity contribution is -0.114. The number of hydrogen-bond acceptors (Lipinski definition) is 4. The molecule has 3 rings (SSSR count). The van der Waals surface area contributed by atoms with E-state index >= 15 is 0 Å². The van der Waals surface area contributed by atoms with Crippen LogP contribution < -0.4 is 19.7 Å². The third kappa shape index (κ3) is 3.11. The van der Waals surface area contributed by atoms with Gasteiger partial charge in [0.25, 0.3) is 5.91 Å². The standard InChI is InChI=1S/C17H16N2O4/c1-11(20)18-13-4-6-14(7-5-13)19(2)17(21)12-3-8-15-16(9-12)23-10-22-15/h3-9H,10H2,1-2H3,(H,18,20). The zero-order chi connectivity index (χ0) is 16.4. The number of anilines is 2. The maximum Gasteiger partial charge on any atom is 0.258 e. The molecule has 6 nitrogen and oxygen atoms in total. The second kappa shape index (κ2) is 6.00. The Hall–Kier alpha value is -3.02. The predicted octanol–water partition coefficient (Wildman–Crippen LogP) is 2.65. The highest BCUT2D eigenvalue weighted by molar-refractivity contribution is 6.06. The SMILES string of the molecule is CC(=O)Nc1ccc(N(C)C(=O)c2ccc3c(c2)OCO3)cc1. The number of nitrogens with zero attached hydrogens (tertiary/aromatic N) is 1. The topological polar surface area (TPSA) is 67.9 Å². The first-order valence-corrected chi connectivity index (χ1v) is 7.10. The first-order valence-electron chi connectivity index (χ1n) is 7.10. The first kappa shape index (κ1) is 14.9. The van der Waals surface area contributed by atoms with Gasteiger partial charge in [-0.1, -0.05) is 0 Å². The number of benzene rings is 2. The Kier molecular flexibility index (Phi) is 3.89. The molecule has 0 fully saturated rings. The fourth-order valence-corrected chi connectivity index (χ4v) is 2.31. The van der Waals surface area contributed by atoms with Crippen molar-refractivity contribution in [3.63, 3.8) is 0 Å². The monoisotopic (exact) mass is 312 g/mol. The molecular weight excluding hydrogens is 296 g/mol. The Morgan fingerprint density at radius 2 is 1.74 bits per heavy atom. The maximum atomic E-state index is 12.6. The first-order chi connectivity index (χ1) is 11.0. The summed E-state index contributed by atoms with van der Waals surface area (Å²) in [5, 5.41) is 2.69. The van der Waals surface area contributed by atoms with E-state index in [1.165, 1.54) is 11.8 Å². The fourth-order valence-electron chi connectivity index (χ4n) is 2.31. The van der Waals surface area contributed by atoms with Crippen LogP contribution in [0, 0.1) is 0 Å². The van der Waals surface area contributed by atoms with E-state index in [1.54, 1.807) is 49.5 Å². The van der Waals surface area contributed by atoms with E-state index in [0.29, 0.717) is 22.7 Å². The number of ether oxygens (including phenoxy) is 2. The molecule has 2 amide bonds. The molecule has 0 atom stereocenters. The molecule has 0 saturated heterocycles. The van der Waals surface area contributed by atoms with E-state index in [0.717, 1.165) is 5.69 Å². The number of fused-ring (bicyclic) bond motifs is 1. The highest BCUT2D eigenvalue weighted by atomic mass is 16.7. The van der Waals surface area contributed by atoms with Gasteiger partial charge in [-0.25, -0.2) is 0 Å². The summed E-state index contributed by atoms with van der Waals surface area (Å²) in [5.41, 5.74) is 1.93. The Balaban J connectivity index is 1.78. The molecule has 0 aromatic heterocycles. The second-order valence-electron chi connectivity index (χ2n) is 5.16. The molecule has 23 heavy (non-hydrogen) atoms. The summed E-state index contributed by atoms with van der Waals surface area (Å²) in [6.45, 7) is 1.62. The van der Waals surface area contributed by atoms with Gasteiger partial charge in [0.05, 0.1) is 0 Å². The lowest BCUT2D eigenvalue weighted by Gasteiger charge is -2.18. The molecule has 0 spiro atoms. The van der Waals surface area contributed by atoms with Crippen molar-refractivity contribution in [1.29, 1.82) is 0 Å². The van der Waals surface area contributed by atoms with E-state index in [-0.39, 0.29) is 18.6 Å². The summed E-state index contributed by atoms with van der Waals surface area (Å²) < 4.78 is 10.5. The molecule has 1 N–H and O–H groups in total. The third-order valence-corrected chi connectivity index (χ3v) is 3.50. The van der Waals surface area contributed by atoms with Crippen LogP contribution in [0.4, 0.5) is 11.4 Å². The van der Waals surface area contributed by atoms with Crippen LogP contribution in [-0.2, 0) is 4.79 Å². The van der Waals surface area contributed by atoms with Crippen LogP contribution in [0.5, 0.6) is 11.5 Å². The van der Waals surface area contributed by atoms with Gasteiger partial charge in [0.15, 0.2) is 11.5 Å². The molecule has 1 aliphatic rings. The number of nitrogens with one attached hydrogen (secondary N) is 1. The van der Waals surface area contributed by atoms with Crippen LogP contribution in [0.1, 0.15) is 17.3 Å². The van der Waals surface area contributed by atoms with Crippen LogP contribution in [0.2, 0.25) is 0 Å². The minimum Gasteiger partial charge on any atom is -0.454 e. The van der Waals surface area contributed by atoms with Gasteiger partial charge in [0.2, 0.25) is 12.7 Å². The highest BCUT2D eigenvalue weighted by Gasteiger charge is 2.19. The molecule has 1 aliphatic heterocycles. The van der Waals surface area contributed by atoms with Gasteiger partial charge in [-0.3, -0.25) is 9.59 Å². The fraction of sp³-hybridized carbons (Fsp3) is 0.176. The Morgan fingerprint density at radius 3 is 2.43 bits per heavy atom. The van der Waals surface area contributed by atoms with Crippen molar-refractivity contribution in [3.05, 3.63) is 48.0 Å². The van der Waals surface area contributed by atoms with Crippen molar-refractivity contribution in [1.82, 2.24) is 0 Å². The van der Waals surface area contributed by atoms with Gasteiger partial charge in [-0.15, -0.1) is 0 Å². The average molecular weight is 312 g/mol. The summed E-state index contributed by atoms with van der Waals surface area (Å²) in [7, 11) is 1.69. The van der Waals surface area contributed by atoms with Crippen molar-refractivity contribution in [2.45, 2.75) is 6.92 Å². The Labute approximate surface area is 133 Å². The number of amides is 2. The molecule has 6 heteroatoms. The molecular formula is C17H16N2O4. The van der Waals surface area contributed by atoms with Gasteiger partial charge in [-0.05, 0) is 42.5 Å². The summed E-state index contributed by atoms with van der Waals surface area (Å²) >= 11 is 0. The molecule has 0 saturated carbocycles. The largest absolute Gasteiger partial charge is 0.454 e. The maximum absolute atomic E-state index is 12.6. The van der Waals surface area contributed by atoms with E-state index in [4.69, 9.17) is 9.47 Å². The molecule has 2 aromatic rings. The minimum atomic E-state index is -0.157. The smallest absolute Gasteiger partial charge is 0.258 e. The van der Waals surface area contributed by atoms with Gasteiger partial charge in [-0.2, -0.15) is 0 Å². The quantitative estimate of drug-likeness (QED) is 0.946. The molecule has 1 heterocycles. The van der Waals surface area contributed by atoms with E-state index in [1.807, 2.05) is 0 Å². The van der Waals surface area contributed by atoms with E-state index in [9.17, 15) is 9.59 Å². The van der Waals surface area contributed by atoms with Gasteiger partial charge < -0.3 is 19.7 Å². The van der Waals surface area contributed by atoms with Gasteiger partial charge >= 0.3 is 0 Å². The zero-order valence-corrected chi connectivity index (χ0v) is 12.8. The van der Waals surface area contributed by atoms with Crippen LogP contribution in [0.25, 0.3) is 0 Å². The van der Waals surface area contributed by atoms with Crippen LogP contribution in [0.3, 0.4) is 0 Å². The normalized spacial score (nSPS) is 11.9. The van der Waals surface area contributed by atoms with Crippen molar-refractivity contribution < 1.29 is 19.1 Å². The van der Waals surface area contributed by atoms with Crippen LogP contribution >= 0.6 is 0 Å². The average Bonchev–Trinajstić information content (AvgIpc) is 3.01. The van der Waals surface area contributed by atoms with Crippen molar-refractivity contribution >= 4 is 23.2 Å². The van der Waals surface area contributed by atoms with Crippen LogP contribution in [-0.4, -0.2) is 25.7 Å². The number of carbonyl (C=O) groups excluding carboxylic acids is 2. The third-order valence-electron chi connectivity index (χ3n) is 3.50. The van der Waals surface area contributed by atoms with Crippen molar-refractivity contribution in [3.8, 4) is 11.5 Å². The zero-order valence-electron chi connectivity index (χ0n) is 12.8. The molecule has 2 aromatic carbocycles. The summed E-state index contributed by atoms with van der Waals surface area (Å²) in [5.74, 6) is 0.923. The van der Waals surface area contributed by atoms with E-state index in [2.05, 4.69) is 5.32 Å². The minimum absolute atomic E-state index is 0.137. The molecule has 0 aliphatic carbocycles. The Bertz CT molecular complexity index is 756. The van der Waals surface area contributed by atoms with Crippen LogP contribution in [0.15, 0.2) is 42.5 Å². The number of carbonyl (C=O) groups is 2. The molecule has 0 unspecified atom stereocenters. The summed E-state index contributed by atoms with van der Waals surface area (Å²) in [4.78, 5) is 25.1. The molecule has 118 valence electrons. The van der Waals surface area contributed by atoms with Gasteiger partial charge in [0.1, 0.15) is 0 Å². The Morgan fingerprint density at radius 1 is 1.04 bits per heavy atom. The molecule has 0 radical (unpaired) electrons. The summed E-state index contributed by atoms with van der Waals surface area (Å²) in [6.07, 6.45) is 0. The lowest BCUT2D eigenvalue weighted by atomic mass is 10.1. The second-order valence-corrected chi connectivity index (χ2v) is 5.16. The van der Waals surface area contributed by atoms with E-state index < -0.39 is 0 Å². The number of rotatable bonds is 3. The lowest BCUT2D eigenvalue weighted by Crippen LogP contribution is -2.26. The number of hydrogen-bond donors (Lipinski definition) is 1. The van der Waals surface area contributed by atoms with Crippen molar-refractivity contribution in [2.75, 3.05) is 24.1 Å².